The molecule has 1 amide bonds. The van der Waals surface area contributed by atoms with E-state index in [1.165, 1.54) is 0 Å². The lowest BCUT2D eigenvalue weighted by Crippen LogP contribution is -2.21. The van der Waals surface area contributed by atoms with Gasteiger partial charge in [-0.1, -0.05) is 29.8 Å². The van der Waals surface area contributed by atoms with E-state index < -0.39 is 16.7 Å². The van der Waals surface area contributed by atoms with Gasteiger partial charge in [-0.3, -0.25) is 13.6 Å². The number of nitrogens with zero attached hydrogens (tertiary/aromatic N) is 3. The number of benzene rings is 2. The van der Waals surface area contributed by atoms with Crippen molar-refractivity contribution in [1.82, 2.24) is 14.8 Å². The minimum Gasteiger partial charge on any atom is -0.490 e. The van der Waals surface area contributed by atoms with Crippen LogP contribution >= 0.6 is 11.6 Å². The lowest BCUT2D eigenvalue weighted by molar-refractivity contribution is -0.113. The van der Waals surface area contributed by atoms with Gasteiger partial charge in [-0.15, -0.1) is 16.8 Å². The smallest absolute Gasteiger partial charge is 0.237 e. The van der Waals surface area contributed by atoms with Crippen LogP contribution in [0.15, 0.2) is 60.3 Å². The van der Waals surface area contributed by atoms with Crippen molar-refractivity contribution in [1.29, 1.82) is 0 Å². The molecular formula is C23H23ClN4O4S. The third-order valence-corrected chi connectivity index (χ3v) is 6.36. The predicted octanol–water partition coefficient (Wildman–Crippen LogP) is 3.62. The molecule has 0 fully saturated rings. The molecule has 0 aliphatic carbocycles. The number of ether oxygens (including phenoxy) is 2. The average Bonchev–Trinajstić information content (AvgIpc) is 3.03. The van der Waals surface area contributed by atoms with E-state index in [2.05, 4.69) is 22.1 Å². The van der Waals surface area contributed by atoms with Crippen molar-refractivity contribution in [2.24, 2.45) is 0 Å². The summed E-state index contributed by atoms with van der Waals surface area (Å²) >= 11 is 5.95. The molecule has 0 saturated heterocycles. The maximum Gasteiger partial charge on any atom is 0.237 e. The zero-order chi connectivity index (χ0) is 23.2. The number of fused-ring (bicyclic) bond motifs is 1. The van der Waals surface area contributed by atoms with Crippen LogP contribution in [0.1, 0.15) is 17.8 Å². The number of rotatable bonds is 8. The van der Waals surface area contributed by atoms with Gasteiger partial charge in [0.2, 0.25) is 11.1 Å². The zero-order valence-electron chi connectivity index (χ0n) is 17.8. The van der Waals surface area contributed by atoms with Gasteiger partial charge in [0.1, 0.15) is 22.4 Å². The Bertz CT molecular complexity index is 1180. The molecule has 1 aliphatic heterocycles. The highest BCUT2D eigenvalue weighted by Crippen LogP contribution is 2.32. The number of halogens is 1. The Balaban J connectivity index is 1.44. The molecule has 1 N–H and O–H groups in total. The van der Waals surface area contributed by atoms with Crippen LogP contribution in [0.4, 0.5) is 5.69 Å². The first-order chi connectivity index (χ1) is 16.0. The van der Waals surface area contributed by atoms with Crippen LogP contribution < -0.4 is 14.8 Å². The largest absolute Gasteiger partial charge is 0.490 e. The van der Waals surface area contributed by atoms with Crippen molar-refractivity contribution in [3.63, 3.8) is 0 Å². The van der Waals surface area contributed by atoms with Crippen molar-refractivity contribution in [3.05, 3.63) is 71.5 Å². The number of carbonyl (C=O) groups excluding carboxylic acids is 1. The molecule has 2 aromatic carbocycles. The molecule has 8 nitrogen and oxygen atoms in total. The molecule has 10 heteroatoms. The maximum absolute atomic E-state index is 13.0. The third kappa shape index (κ3) is 5.80. The van der Waals surface area contributed by atoms with Gasteiger partial charge in [-0.05, 0) is 29.8 Å². The van der Waals surface area contributed by atoms with E-state index >= 15 is 0 Å². The van der Waals surface area contributed by atoms with E-state index in [1.54, 1.807) is 41.0 Å². The minimum absolute atomic E-state index is 0.229. The van der Waals surface area contributed by atoms with Gasteiger partial charge < -0.3 is 14.8 Å². The lowest BCUT2D eigenvalue weighted by Gasteiger charge is -2.11. The maximum atomic E-state index is 13.0. The van der Waals surface area contributed by atoms with Gasteiger partial charge in [0.05, 0.1) is 13.2 Å². The first-order valence-electron chi connectivity index (χ1n) is 10.4. The average molecular weight is 487 g/mol. The number of anilines is 1. The number of allylic oxidation sites excluding steroid dienone is 1. The first kappa shape index (κ1) is 23.0. The molecular weight excluding hydrogens is 464 g/mol. The highest BCUT2D eigenvalue weighted by Gasteiger charge is 2.20. The van der Waals surface area contributed by atoms with Crippen molar-refractivity contribution >= 4 is 34.0 Å². The minimum atomic E-state index is -1.69. The molecule has 172 valence electrons. The van der Waals surface area contributed by atoms with Crippen LogP contribution in [0, 0.1) is 0 Å². The molecule has 1 atom stereocenters. The Morgan fingerprint density at radius 2 is 1.91 bits per heavy atom. The van der Waals surface area contributed by atoms with Crippen molar-refractivity contribution in [2.45, 2.75) is 24.5 Å². The van der Waals surface area contributed by atoms with Gasteiger partial charge in [0.15, 0.2) is 11.5 Å². The van der Waals surface area contributed by atoms with Crippen molar-refractivity contribution < 1.29 is 18.5 Å². The standard InChI is InChI=1S/C23H23ClN4O4S/c1-2-10-28-21(13-16-4-6-17(24)7-5-16)26-27-23(28)33(30)15-22(29)25-18-8-9-19-20(14-18)32-12-3-11-31-19/h2,4-9,14H,1,3,10-13,15H2,(H,25,29). The number of amides is 1. The summed E-state index contributed by atoms with van der Waals surface area (Å²) in [7, 11) is -1.69. The van der Waals surface area contributed by atoms with Gasteiger partial charge in [-0.2, -0.15) is 0 Å². The molecule has 0 bridgehead atoms. The second-order valence-electron chi connectivity index (χ2n) is 7.35. The van der Waals surface area contributed by atoms with Crippen LogP contribution in [-0.2, 0) is 28.6 Å². The van der Waals surface area contributed by atoms with E-state index in [1.807, 2.05) is 12.1 Å². The number of aromatic nitrogens is 3. The highest BCUT2D eigenvalue weighted by molar-refractivity contribution is 7.85. The molecule has 4 rings (SSSR count). The van der Waals surface area contributed by atoms with Gasteiger partial charge in [-0.25, -0.2) is 0 Å². The topological polar surface area (TPSA) is 95.3 Å². The van der Waals surface area contributed by atoms with Crippen LogP contribution in [-0.4, -0.2) is 43.8 Å². The van der Waals surface area contributed by atoms with E-state index in [9.17, 15) is 9.00 Å². The fourth-order valence-electron chi connectivity index (χ4n) is 3.34. The third-order valence-electron chi connectivity index (χ3n) is 4.88. The van der Waals surface area contributed by atoms with Crippen molar-refractivity contribution in [2.75, 3.05) is 24.3 Å². The lowest BCUT2D eigenvalue weighted by atomic mass is 10.1. The van der Waals surface area contributed by atoms with Crippen LogP contribution in [0.25, 0.3) is 0 Å². The Hall–Kier alpha value is -3.17. The summed E-state index contributed by atoms with van der Waals surface area (Å²) in [5, 5.41) is 11.9. The van der Waals surface area contributed by atoms with Crippen LogP contribution in [0.2, 0.25) is 5.02 Å². The summed E-state index contributed by atoms with van der Waals surface area (Å²) in [6.45, 7) is 5.27. The molecule has 3 aromatic rings. The number of nitrogens with one attached hydrogen (secondary N) is 1. The second kappa shape index (κ2) is 10.6. The molecule has 2 heterocycles. The van der Waals surface area contributed by atoms with Crippen LogP contribution in [0.5, 0.6) is 11.5 Å². The van der Waals surface area contributed by atoms with E-state index in [0.717, 1.165) is 12.0 Å². The number of hydrogen-bond acceptors (Lipinski definition) is 6. The van der Waals surface area contributed by atoms with Gasteiger partial charge >= 0.3 is 0 Å². The summed E-state index contributed by atoms with van der Waals surface area (Å²) < 4.78 is 25.9. The van der Waals surface area contributed by atoms with Crippen molar-refractivity contribution in [3.8, 4) is 11.5 Å². The summed E-state index contributed by atoms with van der Waals surface area (Å²) in [4.78, 5) is 12.6. The van der Waals surface area contributed by atoms with E-state index in [-0.39, 0.29) is 10.9 Å². The Labute approximate surface area is 199 Å². The van der Waals surface area contributed by atoms with E-state index in [4.69, 9.17) is 21.1 Å². The van der Waals surface area contributed by atoms with Crippen LogP contribution in [0.3, 0.4) is 0 Å². The summed E-state index contributed by atoms with van der Waals surface area (Å²) in [6, 6.07) is 12.6. The normalized spacial score (nSPS) is 13.7. The highest BCUT2D eigenvalue weighted by atomic mass is 35.5. The quantitative estimate of drug-likeness (QED) is 0.489. The zero-order valence-corrected chi connectivity index (χ0v) is 19.4. The predicted molar refractivity (Wildman–Crippen MR) is 126 cm³/mol. The second-order valence-corrected chi connectivity index (χ2v) is 9.13. The summed E-state index contributed by atoms with van der Waals surface area (Å²) in [5.74, 6) is 1.17. The molecule has 33 heavy (non-hydrogen) atoms. The molecule has 1 aromatic heterocycles. The molecule has 0 saturated carbocycles. The summed E-state index contributed by atoms with van der Waals surface area (Å²) in [6.07, 6.45) is 2.95. The monoisotopic (exact) mass is 486 g/mol. The molecule has 0 radical (unpaired) electrons. The Kier molecular flexibility index (Phi) is 7.41. The SMILES string of the molecule is C=CCn1c(Cc2ccc(Cl)cc2)nnc1S(=O)CC(=O)Nc1ccc2c(c1)OCCCO2. The first-order valence-corrected chi connectivity index (χ1v) is 12.1. The number of hydrogen-bond donors (Lipinski definition) is 1. The molecule has 0 spiro atoms. The van der Waals surface area contributed by atoms with E-state index in [0.29, 0.717) is 54.2 Å². The molecule has 1 unspecified atom stereocenters. The summed E-state index contributed by atoms with van der Waals surface area (Å²) in [5.41, 5.74) is 1.53. The Morgan fingerprint density at radius 1 is 1.15 bits per heavy atom. The van der Waals surface area contributed by atoms with Gasteiger partial charge in [0, 0.05) is 36.2 Å². The van der Waals surface area contributed by atoms with Gasteiger partial charge in [0.25, 0.3) is 0 Å². The fraction of sp³-hybridized carbons (Fsp3) is 0.261. The molecule has 1 aliphatic rings. The number of carbonyl (C=O) groups is 1. The fourth-order valence-corrected chi connectivity index (χ4v) is 4.46. The Morgan fingerprint density at radius 3 is 2.67 bits per heavy atom.